The summed E-state index contributed by atoms with van der Waals surface area (Å²) >= 11 is 1.48. The molecule has 6 heteroatoms. The van der Waals surface area contributed by atoms with E-state index < -0.39 is 0 Å². The number of amides is 1. The van der Waals surface area contributed by atoms with E-state index in [0.717, 1.165) is 33.9 Å². The smallest absolute Gasteiger partial charge is 0.223 e. The standard InChI is InChI=1S/C21H21N3O2S/c1-13(27-21-22-17-6-4-5-7-19(17)23(21)3)20(26)16-8-9-18-15(12-16)10-11-24(18)14(2)25/h4-9,12-13H,10-11H2,1-3H3. The van der Waals surface area contributed by atoms with Gasteiger partial charge < -0.3 is 9.47 Å². The van der Waals surface area contributed by atoms with Crippen LogP contribution in [0.2, 0.25) is 0 Å². The Morgan fingerprint density at radius 3 is 2.70 bits per heavy atom. The molecule has 0 spiro atoms. The quantitative estimate of drug-likeness (QED) is 0.510. The Morgan fingerprint density at radius 2 is 1.96 bits per heavy atom. The van der Waals surface area contributed by atoms with Gasteiger partial charge in [-0.2, -0.15) is 0 Å². The highest BCUT2D eigenvalue weighted by Crippen LogP contribution is 2.32. The van der Waals surface area contributed by atoms with Crippen LogP contribution in [0, 0.1) is 0 Å². The fourth-order valence-corrected chi connectivity index (χ4v) is 4.52. The number of anilines is 1. The molecule has 3 aromatic rings. The Balaban J connectivity index is 1.56. The minimum absolute atomic E-state index is 0.0404. The van der Waals surface area contributed by atoms with Crippen LogP contribution < -0.4 is 4.90 Å². The lowest BCUT2D eigenvalue weighted by Gasteiger charge is -2.15. The number of nitrogens with zero attached hydrogens (tertiary/aromatic N) is 3. The number of aromatic nitrogens is 2. The summed E-state index contributed by atoms with van der Waals surface area (Å²) in [6, 6.07) is 13.6. The zero-order valence-electron chi connectivity index (χ0n) is 15.6. The fourth-order valence-electron chi connectivity index (χ4n) is 3.56. The zero-order valence-corrected chi connectivity index (χ0v) is 16.4. The first-order valence-corrected chi connectivity index (χ1v) is 9.87. The van der Waals surface area contributed by atoms with Gasteiger partial charge in [-0.15, -0.1) is 0 Å². The van der Waals surface area contributed by atoms with Crippen molar-refractivity contribution < 1.29 is 9.59 Å². The normalized spacial score (nSPS) is 14.4. The fraction of sp³-hybridized carbons (Fsp3) is 0.286. The molecule has 5 nitrogen and oxygen atoms in total. The molecule has 0 bridgehead atoms. The molecule has 0 saturated heterocycles. The van der Waals surface area contributed by atoms with Crippen LogP contribution in [-0.2, 0) is 18.3 Å². The molecule has 0 aliphatic carbocycles. The third-order valence-electron chi connectivity index (χ3n) is 5.04. The van der Waals surface area contributed by atoms with Gasteiger partial charge in [0.25, 0.3) is 0 Å². The number of ketones is 1. The molecular formula is C21H21N3O2S. The van der Waals surface area contributed by atoms with Crippen molar-refractivity contribution in [1.29, 1.82) is 0 Å². The topological polar surface area (TPSA) is 55.2 Å². The van der Waals surface area contributed by atoms with E-state index >= 15 is 0 Å². The molecule has 27 heavy (non-hydrogen) atoms. The van der Waals surface area contributed by atoms with Crippen molar-refractivity contribution in [3.8, 4) is 0 Å². The van der Waals surface area contributed by atoms with Crippen molar-refractivity contribution in [2.24, 2.45) is 7.05 Å². The molecule has 0 N–H and O–H groups in total. The SMILES string of the molecule is CC(=O)N1CCc2cc(C(=O)C(C)Sc3nc4ccccc4n3C)ccc21. The van der Waals surface area contributed by atoms with Gasteiger partial charge in [-0.25, -0.2) is 4.98 Å². The Kier molecular flexibility index (Phi) is 4.52. The van der Waals surface area contributed by atoms with Crippen LogP contribution in [0.1, 0.15) is 29.8 Å². The number of Topliss-reactive ketones (excluding diaryl/α,β-unsaturated/α-hetero) is 1. The lowest BCUT2D eigenvalue weighted by molar-refractivity contribution is -0.116. The van der Waals surface area contributed by atoms with Crippen molar-refractivity contribution in [1.82, 2.24) is 9.55 Å². The van der Waals surface area contributed by atoms with Gasteiger partial charge in [0.15, 0.2) is 10.9 Å². The van der Waals surface area contributed by atoms with E-state index in [-0.39, 0.29) is 16.9 Å². The van der Waals surface area contributed by atoms with E-state index in [1.807, 2.05) is 61.0 Å². The van der Waals surface area contributed by atoms with E-state index in [1.165, 1.54) is 11.8 Å². The highest BCUT2D eigenvalue weighted by atomic mass is 32.2. The predicted molar refractivity (Wildman–Crippen MR) is 109 cm³/mol. The number of rotatable bonds is 4. The number of carbonyl (C=O) groups excluding carboxylic acids is 2. The molecule has 1 aliphatic heterocycles. The third kappa shape index (κ3) is 3.14. The van der Waals surface area contributed by atoms with Crippen molar-refractivity contribution in [2.45, 2.75) is 30.7 Å². The molecule has 1 unspecified atom stereocenters. The van der Waals surface area contributed by atoms with Gasteiger partial charge in [-0.3, -0.25) is 9.59 Å². The van der Waals surface area contributed by atoms with Crippen LogP contribution in [-0.4, -0.2) is 33.0 Å². The molecule has 1 atom stereocenters. The number of para-hydroxylation sites is 2. The lowest BCUT2D eigenvalue weighted by Crippen LogP contribution is -2.25. The van der Waals surface area contributed by atoms with Gasteiger partial charge in [0.2, 0.25) is 5.91 Å². The molecule has 138 valence electrons. The van der Waals surface area contributed by atoms with E-state index in [0.29, 0.717) is 12.1 Å². The van der Waals surface area contributed by atoms with E-state index in [1.54, 1.807) is 11.8 Å². The number of carbonyl (C=O) groups is 2. The number of hydrogen-bond donors (Lipinski definition) is 0. The van der Waals surface area contributed by atoms with Crippen molar-refractivity contribution in [3.05, 3.63) is 53.6 Å². The first-order valence-electron chi connectivity index (χ1n) is 8.99. The molecular weight excluding hydrogens is 358 g/mol. The molecule has 4 rings (SSSR count). The highest BCUT2D eigenvalue weighted by molar-refractivity contribution is 8.00. The van der Waals surface area contributed by atoms with Gasteiger partial charge >= 0.3 is 0 Å². The number of benzene rings is 2. The second-order valence-corrected chi connectivity index (χ2v) is 8.14. The van der Waals surface area contributed by atoms with Gasteiger partial charge in [-0.05, 0) is 49.2 Å². The van der Waals surface area contributed by atoms with Gasteiger partial charge in [0, 0.05) is 31.8 Å². The zero-order chi connectivity index (χ0) is 19.1. The molecule has 1 aromatic heterocycles. The second kappa shape index (κ2) is 6.85. The van der Waals surface area contributed by atoms with Crippen molar-refractivity contribution in [2.75, 3.05) is 11.4 Å². The summed E-state index contributed by atoms with van der Waals surface area (Å²) < 4.78 is 2.03. The number of imidazole rings is 1. The minimum atomic E-state index is -0.246. The van der Waals surface area contributed by atoms with E-state index in [4.69, 9.17) is 0 Å². The summed E-state index contributed by atoms with van der Waals surface area (Å²) in [5.74, 6) is 0.120. The number of hydrogen-bond acceptors (Lipinski definition) is 4. The van der Waals surface area contributed by atoms with Crippen LogP contribution in [0.3, 0.4) is 0 Å². The maximum atomic E-state index is 13.0. The Labute approximate surface area is 162 Å². The van der Waals surface area contributed by atoms with E-state index in [9.17, 15) is 9.59 Å². The monoisotopic (exact) mass is 379 g/mol. The molecule has 0 saturated carbocycles. The van der Waals surface area contributed by atoms with Crippen LogP contribution >= 0.6 is 11.8 Å². The third-order valence-corrected chi connectivity index (χ3v) is 6.18. The van der Waals surface area contributed by atoms with Crippen molar-refractivity contribution >= 4 is 40.2 Å². The Morgan fingerprint density at radius 1 is 1.19 bits per heavy atom. The first-order chi connectivity index (χ1) is 13.0. The van der Waals surface area contributed by atoms with Crippen LogP contribution in [0.25, 0.3) is 11.0 Å². The van der Waals surface area contributed by atoms with Crippen molar-refractivity contribution in [3.63, 3.8) is 0 Å². The molecule has 2 aromatic carbocycles. The Bertz CT molecular complexity index is 1060. The largest absolute Gasteiger partial charge is 0.322 e. The maximum absolute atomic E-state index is 13.0. The van der Waals surface area contributed by atoms with Gasteiger partial charge in [-0.1, -0.05) is 23.9 Å². The average Bonchev–Trinajstić information content (AvgIpc) is 3.22. The van der Waals surface area contributed by atoms with Crippen LogP contribution in [0.4, 0.5) is 5.69 Å². The molecule has 1 amide bonds. The highest BCUT2D eigenvalue weighted by Gasteiger charge is 2.25. The van der Waals surface area contributed by atoms with E-state index in [2.05, 4.69) is 4.98 Å². The summed E-state index contributed by atoms with van der Waals surface area (Å²) in [6.07, 6.45) is 0.794. The number of aryl methyl sites for hydroxylation is 1. The predicted octanol–water partition coefficient (Wildman–Crippen LogP) is 3.85. The summed E-state index contributed by atoms with van der Waals surface area (Å²) in [7, 11) is 1.97. The number of thioether (sulfide) groups is 1. The average molecular weight is 379 g/mol. The first kappa shape index (κ1) is 17.8. The molecule has 2 heterocycles. The molecule has 1 aliphatic rings. The Hall–Kier alpha value is -2.60. The summed E-state index contributed by atoms with van der Waals surface area (Å²) in [6.45, 7) is 4.18. The summed E-state index contributed by atoms with van der Waals surface area (Å²) in [4.78, 5) is 31.1. The summed E-state index contributed by atoms with van der Waals surface area (Å²) in [5.41, 5.74) is 4.68. The summed E-state index contributed by atoms with van der Waals surface area (Å²) in [5, 5.41) is 0.588. The van der Waals surface area contributed by atoms with Gasteiger partial charge in [0.05, 0.1) is 16.3 Å². The second-order valence-electron chi connectivity index (χ2n) is 6.83. The lowest BCUT2D eigenvalue weighted by atomic mass is 10.0. The molecule has 0 fully saturated rings. The molecule has 0 radical (unpaired) electrons. The minimum Gasteiger partial charge on any atom is -0.322 e. The van der Waals surface area contributed by atoms with Gasteiger partial charge in [0.1, 0.15) is 0 Å². The van der Waals surface area contributed by atoms with Crippen LogP contribution in [0.5, 0.6) is 0 Å². The maximum Gasteiger partial charge on any atom is 0.223 e. The number of fused-ring (bicyclic) bond motifs is 2. The van der Waals surface area contributed by atoms with Crippen LogP contribution in [0.15, 0.2) is 47.6 Å².